The van der Waals surface area contributed by atoms with E-state index >= 15 is 0 Å². The lowest BCUT2D eigenvalue weighted by Gasteiger charge is -2.22. The minimum atomic E-state index is -0.762. The number of ether oxygens (including phenoxy) is 3. The van der Waals surface area contributed by atoms with Crippen molar-refractivity contribution in [3.05, 3.63) is 52.0 Å². The first-order valence-corrected chi connectivity index (χ1v) is 9.69. The number of hydrogen-bond acceptors (Lipinski definition) is 4. The highest BCUT2D eigenvalue weighted by atomic mass is 79.9. The molecule has 5 nitrogen and oxygen atoms in total. The molecule has 2 aromatic carbocycles. The van der Waals surface area contributed by atoms with E-state index in [-0.39, 0.29) is 30.7 Å². The summed E-state index contributed by atoms with van der Waals surface area (Å²) in [5.41, 5.74) is 0.877. The number of hydrogen-bond donors (Lipinski definition) is 1. The molecule has 2 aromatic rings. The molecule has 0 bridgehead atoms. The molecule has 1 N–H and O–H groups in total. The normalized spacial score (nSPS) is 13.7. The van der Waals surface area contributed by atoms with Gasteiger partial charge in [0.15, 0.2) is 23.1 Å². The topological polar surface area (TPSA) is 56.8 Å². The van der Waals surface area contributed by atoms with Crippen LogP contribution in [-0.2, 0) is 4.79 Å². The van der Waals surface area contributed by atoms with E-state index in [0.29, 0.717) is 31.1 Å². The van der Waals surface area contributed by atoms with E-state index in [1.54, 1.807) is 0 Å². The van der Waals surface area contributed by atoms with Crippen LogP contribution in [0.3, 0.4) is 0 Å². The number of fused-ring (bicyclic) bond motifs is 1. The van der Waals surface area contributed by atoms with E-state index < -0.39 is 11.6 Å². The van der Waals surface area contributed by atoms with Gasteiger partial charge >= 0.3 is 0 Å². The maximum atomic E-state index is 13.5. The van der Waals surface area contributed by atoms with E-state index in [1.807, 2.05) is 19.1 Å². The Kier molecular flexibility index (Phi) is 6.72. The van der Waals surface area contributed by atoms with Crippen molar-refractivity contribution in [2.45, 2.75) is 25.8 Å². The highest BCUT2D eigenvalue weighted by Gasteiger charge is 2.19. The Morgan fingerprint density at radius 1 is 1.21 bits per heavy atom. The van der Waals surface area contributed by atoms with E-state index in [9.17, 15) is 13.6 Å². The molecule has 28 heavy (non-hydrogen) atoms. The molecular formula is C20H20BrF2NO4. The molecule has 1 amide bonds. The summed E-state index contributed by atoms with van der Waals surface area (Å²) in [6, 6.07) is 6.55. The largest absolute Gasteiger partial charge is 0.491 e. The summed E-state index contributed by atoms with van der Waals surface area (Å²) in [6.45, 7) is 3.02. The van der Waals surface area contributed by atoms with Crippen molar-refractivity contribution in [3.8, 4) is 17.2 Å². The molecule has 1 unspecified atom stereocenters. The first kappa shape index (κ1) is 20.4. The van der Waals surface area contributed by atoms with Crippen LogP contribution in [0, 0.1) is 11.6 Å². The van der Waals surface area contributed by atoms with Crippen LogP contribution in [-0.4, -0.2) is 25.7 Å². The van der Waals surface area contributed by atoms with Gasteiger partial charge in [-0.1, -0.05) is 15.9 Å². The summed E-state index contributed by atoms with van der Waals surface area (Å²) in [7, 11) is 0. The molecular weight excluding hydrogens is 436 g/mol. The molecule has 8 heteroatoms. The molecule has 1 aliphatic rings. The molecule has 1 heterocycles. The van der Waals surface area contributed by atoms with E-state index in [4.69, 9.17) is 14.2 Å². The van der Waals surface area contributed by atoms with Crippen LogP contribution in [0.25, 0.3) is 0 Å². The minimum absolute atomic E-state index is 0.0321. The average molecular weight is 456 g/mol. The third-order valence-corrected chi connectivity index (χ3v) is 4.89. The van der Waals surface area contributed by atoms with Crippen LogP contribution in [0.5, 0.6) is 17.2 Å². The van der Waals surface area contributed by atoms with Gasteiger partial charge in [-0.3, -0.25) is 4.79 Å². The summed E-state index contributed by atoms with van der Waals surface area (Å²) >= 11 is 3.50. The lowest BCUT2D eigenvalue weighted by atomic mass is 10.1. The molecule has 0 fully saturated rings. The first-order valence-electron chi connectivity index (χ1n) is 8.90. The third kappa shape index (κ3) is 5.13. The van der Waals surface area contributed by atoms with Gasteiger partial charge in [0.05, 0.1) is 12.6 Å². The van der Waals surface area contributed by atoms with Gasteiger partial charge < -0.3 is 19.5 Å². The van der Waals surface area contributed by atoms with Crippen LogP contribution < -0.4 is 19.5 Å². The predicted octanol–water partition coefficient (Wildman–Crippen LogP) is 4.53. The predicted molar refractivity (Wildman–Crippen MR) is 103 cm³/mol. The average Bonchev–Trinajstić information content (AvgIpc) is 2.66. The maximum Gasteiger partial charge on any atom is 0.220 e. The zero-order valence-corrected chi connectivity index (χ0v) is 16.9. The fourth-order valence-corrected chi connectivity index (χ4v) is 3.48. The summed E-state index contributed by atoms with van der Waals surface area (Å²) in [5.74, 6) is -0.288. The number of nitrogens with one attached hydrogen (secondary N) is 1. The van der Waals surface area contributed by atoms with Crippen molar-refractivity contribution in [3.63, 3.8) is 0 Å². The summed E-state index contributed by atoms with van der Waals surface area (Å²) < 4.78 is 43.5. The smallest absolute Gasteiger partial charge is 0.220 e. The van der Waals surface area contributed by atoms with Crippen molar-refractivity contribution >= 4 is 21.8 Å². The summed E-state index contributed by atoms with van der Waals surface area (Å²) in [4.78, 5) is 12.2. The summed E-state index contributed by atoms with van der Waals surface area (Å²) in [5, 5.41) is 2.92. The SMILES string of the molecule is CC(NC(=O)CCCOc1ccc(F)cc1F)c1cc2c(cc1Br)OCCO2. The van der Waals surface area contributed by atoms with Gasteiger partial charge in [0.25, 0.3) is 0 Å². The monoisotopic (exact) mass is 455 g/mol. The standard InChI is InChI=1S/C20H20BrF2NO4/c1-12(14-10-18-19(11-15(14)21)28-8-7-27-18)24-20(25)3-2-6-26-17-5-4-13(22)9-16(17)23/h4-5,9-12H,2-3,6-8H2,1H3,(H,24,25). The number of amides is 1. The van der Waals surface area contributed by atoms with Crippen molar-refractivity contribution < 1.29 is 27.8 Å². The van der Waals surface area contributed by atoms with Gasteiger partial charge in [0.2, 0.25) is 5.91 Å². The molecule has 0 aromatic heterocycles. The third-order valence-electron chi connectivity index (χ3n) is 4.21. The quantitative estimate of drug-likeness (QED) is 0.622. The Morgan fingerprint density at radius 2 is 1.93 bits per heavy atom. The molecule has 1 aliphatic heterocycles. The second kappa shape index (κ2) is 9.23. The lowest BCUT2D eigenvalue weighted by molar-refractivity contribution is -0.121. The Labute approximate surface area is 170 Å². The van der Waals surface area contributed by atoms with Crippen molar-refractivity contribution in [2.24, 2.45) is 0 Å². The second-order valence-electron chi connectivity index (χ2n) is 6.33. The Bertz CT molecular complexity index is 862. The number of rotatable bonds is 7. The lowest BCUT2D eigenvalue weighted by Crippen LogP contribution is -2.27. The zero-order valence-electron chi connectivity index (χ0n) is 15.3. The number of carbonyl (C=O) groups is 1. The van der Waals surface area contributed by atoms with Gasteiger partial charge in [-0.05, 0) is 43.2 Å². The zero-order chi connectivity index (χ0) is 20.1. The van der Waals surface area contributed by atoms with E-state index in [0.717, 1.165) is 22.2 Å². The maximum absolute atomic E-state index is 13.5. The molecule has 0 spiro atoms. The summed E-state index contributed by atoms with van der Waals surface area (Å²) in [6.07, 6.45) is 0.618. The van der Waals surface area contributed by atoms with Gasteiger partial charge in [0, 0.05) is 17.0 Å². The fraction of sp³-hybridized carbons (Fsp3) is 0.350. The van der Waals surface area contributed by atoms with Gasteiger partial charge in [-0.25, -0.2) is 8.78 Å². The molecule has 0 saturated carbocycles. The van der Waals surface area contributed by atoms with E-state index in [2.05, 4.69) is 21.2 Å². The van der Waals surface area contributed by atoms with Crippen LogP contribution in [0.15, 0.2) is 34.8 Å². The van der Waals surface area contributed by atoms with Crippen LogP contribution in [0.2, 0.25) is 0 Å². The van der Waals surface area contributed by atoms with Crippen molar-refractivity contribution in [2.75, 3.05) is 19.8 Å². The molecule has 0 radical (unpaired) electrons. The Balaban J connectivity index is 1.48. The Morgan fingerprint density at radius 3 is 2.64 bits per heavy atom. The molecule has 150 valence electrons. The van der Waals surface area contributed by atoms with Gasteiger partial charge in [-0.15, -0.1) is 0 Å². The van der Waals surface area contributed by atoms with Gasteiger partial charge in [-0.2, -0.15) is 0 Å². The van der Waals surface area contributed by atoms with Crippen LogP contribution in [0.1, 0.15) is 31.4 Å². The van der Waals surface area contributed by atoms with Crippen LogP contribution >= 0.6 is 15.9 Å². The highest BCUT2D eigenvalue weighted by molar-refractivity contribution is 9.10. The van der Waals surface area contributed by atoms with Crippen molar-refractivity contribution in [1.82, 2.24) is 5.32 Å². The van der Waals surface area contributed by atoms with Crippen LogP contribution in [0.4, 0.5) is 8.78 Å². The van der Waals surface area contributed by atoms with Crippen molar-refractivity contribution in [1.29, 1.82) is 0 Å². The number of benzene rings is 2. The second-order valence-corrected chi connectivity index (χ2v) is 7.19. The molecule has 1 atom stereocenters. The highest BCUT2D eigenvalue weighted by Crippen LogP contribution is 2.37. The molecule has 0 saturated heterocycles. The van der Waals surface area contributed by atoms with E-state index in [1.165, 1.54) is 6.07 Å². The Hall–Kier alpha value is -2.35. The van der Waals surface area contributed by atoms with Gasteiger partial charge in [0.1, 0.15) is 19.0 Å². The fourth-order valence-electron chi connectivity index (χ4n) is 2.81. The number of carbonyl (C=O) groups excluding carboxylic acids is 1. The molecule has 0 aliphatic carbocycles. The first-order chi connectivity index (χ1) is 13.4. The molecule has 3 rings (SSSR count). The minimum Gasteiger partial charge on any atom is -0.491 e. The number of halogens is 3.